The standard InChI is InChI=1S/2C5H11O5P.C5H9O4P.C5H12O4.H3O3P.4H2O/c6-1-5(2-7)3-9-11(8)10-4-5;6-1-5(2-7,3-8)4-10-11-9;6-1-5-2-7-10(8-3-5)9-4-5;6-1-5(2-7,3-8)4-9;1-4(2)3;;;;/h2*6-8H,1-4H2;6H,1-4H2;6-9H,1-4H2;1-3H;4*1H2. The van der Waals surface area contributed by atoms with Gasteiger partial charge in [0.2, 0.25) is 0 Å². The molecule has 0 saturated carbocycles. The van der Waals surface area contributed by atoms with E-state index in [0.717, 1.165) is 0 Å². The number of fused-ring (bicyclic) bond motifs is 3. The Labute approximate surface area is 286 Å². The molecule has 0 unspecified atom stereocenters. The third-order valence-electron chi connectivity index (χ3n) is 6.17. The Balaban J connectivity index is -0.000000118. The Bertz CT molecular complexity index is 660. The molecule has 4 saturated heterocycles. The van der Waals surface area contributed by atoms with Crippen LogP contribution in [0.25, 0.3) is 0 Å². The van der Waals surface area contributed by atoms with Crippen LogP contribution in [0, 0.1) is 21.7 Å². The van der Waals surface area contributed by atoms with Gasteiger partial charge in [0.1, 0.15) is 0 Å². The van der Waals surface area contributed by atoms with Crippen molar-refractivity contribution in [2.24, 2.45) is 21.7 Å². The van der Waals surface area contributed by atoms with Gasteiger partial charge in [0, 0.05) is 0 Å². The predicted molar refractivity (Wildman–Crippen MR) is 168 cm³/mol. The summed E-state index contributed by atoms with van der Waals surface area (Å²) in [5.74, 6) is 0. The van der Waals surface area contributed by atoms with E-state index in [1.54, 1.807) is 0 Å². The van der Waals surface area contributed by atoms with Gasteiger partial charge in [-0.15, -0.1) is 0 Å². The van der Waals surface area contributed by atoms with Crippen LogP contribution in [-0.2, 0) is 31.7 Å². The van der Waals surface area contributed by atoms with E-state index in [1.165, 1.54) is 0 Å². The molecule has 4 aliphatic heterocycles. The first-order chi connectivity index (χ1) is 21.3. The van der Waals surface area contributed by atoms with E-state index in [1.807, 2.05) is 0 Å². The number of aliphatic hydroxyl groups excluding tert-OH is 10. The molecule has 29 heteroatoms. The van der Waals surface area contributed by atoms with Crippen molar-refractivity contribution in [1.82, 2.24) is 0 Å². The van der Waals surface area contributed by atoms with Crippen LogP contribution in [0.5, 0.6) is 0 Å². The smallest absolute Gasteiger partial charge is 0.332 e. The number of hydrogen-bond acceptors (Lipinski definition) is 21. The molecule has 22 N–H and O–H groups in total. The van der Waals surface area contributed by atoms with Gasteiger partial charge in [0.15, 0.2) is 0 Å². The Hall–Kier alpha value is 0.430. The third kappa shape index (κ3) is 24.4. The highest BCUT2D eigenvalue weighted by atomic mass is 31.2. The molecule has 4 rings (SSSR count). The lowest BCUT2D eigenvalue weighted by Crippen LogP contribution is -2.46. The fraction of sp³-hybridized carbons (Fsp3) is 1.00. The molecule has 4 heterocycles. The van der Waals surface area contributed by atoms with Crippen molar-refractivity contribution in [3.8, 4) is 0 Å². The molecular formula is C20H54O25P4. The second-order valence-corrected chi connectivity index (χ2v) is 13.2. The van der Waals surface area contributed by atoms with E-state index in [0.29, 0.717) is 19.8 Å². The van der Waals surface area contributed by atoms with Crippen molar-refractivity contribution >= 4 is 34.5 Å². The van der Waals surface area contributed by atoms with Gasteiger partial charge in [-0.3, -0.25) is 4.52 Å². The number of hydrogen-bond donors (Lipinski definition) is 14. The van der Waals surface area contributed by atoms with Gasteiger partial charge in [-0.05, 0) is 0 Å². The fourth-order valence-electron chi connectivity index (χ4n) is 2.39. The summed E-state index contributed by atoms with van der Waals surface area (Å²) < 4.78 is 39.1. The van der Waals surface area contributed by atoms with E-state index in [9.17, 15) is 4.57 Å². The molecule has 25 nitrogen and oxygen atoms in total. The topological polar surface area (TPSA) is 482 Å². The summed E-state index contributed by atoms with van der Waals surface area (Å²) in [7, 11) is -5.98. The van der Waals surface area contributed by atoms with Crippen molar-refractivity contribution in [3.63, 3.8) is 0 Å². The zero-order valence-corrected chi connectivity index (χ0v) is 29.8. The van der Waals surface area contributed by atoms with E-state index in [-0.39, 0.29) is 67.0 Å². The van der Waals surface area contributed by atoms with Crippen LogP contribution in [-0.4, -0.2) is 198 Å². The fourth-order valence-corrected chi connectivity index (χ4v) is 4.92. The maximum Gasteiger partial charge on any atom is 0.332 e. The molecule has 0 atom stereocenters. The van der Waals surface area contributed by atoms with Crippen LogP contribution in [0.15, 0.2) is 0 Å². The second-order valence-electron chi connectivity index (χ2n) is 10.0. The molecule has 0 aromatic rings. The van der Waals surface area contributed by atoms with Crippen LogP contribution in [0.2, 0.25) is 0 Å². The molecule has 0 aliphatic carbocycles. The van der Waals surface area contributed by atoms with Gasteiger partial charge in [0.05, 0.1) is 127 Å². The van der Waals surface area contributed by atoms with Crippen molar-refractivity contribution in [1.29, 1.82) is 0 Å². The minimum absolute atomic E-state index is 0. The van der Waals surface area contributed by atoms with Crippen LogP contribution in [0.1, 0.15) is 0 Å². The summed E-state index contributed by atoms with van der Waals surface area (Å²) in [5.41, 5.74) is -3.20. The lowest BCUT2D eigenvalue weighted by molar-refractivity contribution is -0.0965. The zero-order valence-electron chi connectivity index (χ0n) is 26.2. The highest BCUT2D eigenvalue weighted by Crippen LogP contribution is 2.52. The summed E-state index contributed by atoms with van der Waals surface area (Å²) >= 11 is 0. The highest BCUT2D eigenvalue weighted by Gasteiger charge is 2.44. The Morgan fingerprint density at radius 1 is 0.592 bits per heavy atom. The first kappa shape index (κ1) is 61.5. The zero-order chi connectivity index (χ0) is 35.0. The Morgan fingerprint density at radius 3 is 1.12 bits per heavy atom. The average Bonchev–Trinajstić information content (AvgIpc) is 3.09. The van der Waals surface area contributed by atoms with E-state index in [2.05, 4.69) is 4.52 Å². The van der Waals surface area contributed by atoms with Gasteiger partial charge < -0.3 is 115 Å². The summed E-state index contributed by atoms with van der Waals surface area (Å²) in [4.78, 5) is 30.5. The Kier molecular flexibility index (Phi) is 42.9. The van der Waals surface area contributed by atoms with E-state index in [4.69, 9.17) is 93.3 Å². The number of aliphatic hydroxyl groups is 10. The molecule has 4 fully saturated rings. The molecule has 2 bridgehead atoms. The molecule has 4 aliphatic rings. The third-order valence-corrected chi connectivity index (χ3v) is 8.12. The molecule has 0 aromatic carbocycles. The van der Waals surface area contributed by atoms with Gasteiger partial charge in [0.25, 0.3) is 0 Å². The SMILES string of the molecule is O.O.O.O.O=POCC(CO)(CO)CO.OCC(CO)(CO)CO.OCC1(CO)COP(O)OC1.OCC12COP(OC1)OC2.OP(O)O. The van der Waals surface area contributed by atoms with Gasteiger partial charge in [-0.1, -0.05) is 0 Å². The molecule has 0 spiro atoms. The largest absolute Gasteiger partial charge is 0.412 e. The van der Waals surface area contributed by atoms with Gasteiger partial charge in [-0.25, -0.2) is 4.57 Å². The predicted octanol–water partition coefficient (Wildman–Crippen LogP) is -7.50. The Morgan fingerprint density at radius 2 is 0.918 bits per heavy atom. The number of rotatable bonds is 13. The molecule has 0 aromatic heterocycles. The van der Waals surface area contributed by atoms with Crippen molar-refractivity contribution in [2.75, 3.05) is 106 Å². The molecule has 304 valence electrons. The van der Waals surface area contributed by atoms with Crippen LogP contribution in [0.3, 0.4) is 0 Å². The summed E-state index contributed by atoms with van der Waals surface area (Å²) in [6.07, 6.45) is 0. The van der Waals surface area contributed by atoms with Crippen molar-refractivity contribution in [3.05, 3.63) is 0 Å². The summed E-state index contributed by atoms with van der Waals surface area (Å²) in [6.45, 7) is -1.29. The van der Waals surface area contributed by atoms with Crippen molar-refractivity contribution < 1.29 is 124 Å². The summed E-state index contributed by atoms with van der Waals surface area (Å²) in [5, 5.41) is 86.7. The van der Waals surface area contributed by atoms with Crippen molar-refractivity contribution in [2.45, 2.75) is 0 Å². The van der Waals surface area contributed by atoms with Crippen LogP contribution >= 0.6 is 34.5 Å². The highest BCUT2D eigenvalue weighted by molar-refractivity contribution is 7.41. The van der Waals surface area contributed by atoms with Crippen LogP contribution < -0.4 is 0 Å². The van der Waals surface area contributed by atoms with Crippen LogP contribution in [0.4, 0.5) is 0 Å². The summed E-state index contributed by atoms with van der Waals surface area (Å²) in [6, 6.07) is 0. The average molecular weight is 819 g/mol. The maximum absolute atomic E-state index is 9.83. The normalized spacial score (nSPS) is 20.8. The quantitative estimate of drug-likeness (QED) is 0.0767. The molecule has 0 radical (unpaired) electrons. The molecular weight excluding hydrogens is 764 g/mol. The first-order valence-corrected chi connectivity index (χ1v) is 16.8. The van der Waals surface area contributed by atoms with E-state index < -0.39 is 97.0 Å². The van der Waals surface area contributed by atoms with E-state index >= 15 is 0 Å². The van der Waals surface area contributed by atoms with Gasteiger partial charge >= 0.3 is 34.5 Å². The maximum atomic E-state index is 9.83. The monoisotopic (exact) mass is 818 g/mol. The lowest BCUT2D eigenvalue weighted by atomic mass is 9.93. The second kappa shape index (κ2) is 34.2. The first-order valence-electron chi connectivity index (χ1n) is 12.6. The minimum Gasteiger partial charge on any atom is -0.412 e. The lowest BCUT2D eigenvalue weighted by Gasteiger charge is -2.42. The molecule has 49 heavy (non-hydrogen) atoms. The minimum atomic E-state index is -2.62. The molecule has 0 amide bonds. The van der Waals surface area contributed by atoms with Gasteiger partial charge in [-0.2, -0.15) is 0 Å².